The van der Waals surface area contributed by atoms with E-state index in [0.717, 1.165) is 36.8 Å². The first kappa shape index (κ1) is 13.3. The van der Waals surface area contributed by atoms with Crippen LogP contribution in [0.2, 0.25) is 5.02 Å². The molecule has 1 saturated heterocycles. The molecule has 1 aliphatic heterocycles. The van der Waals surface area contributed by atoms with Gasteiger partial charge < -0.3 is 4.74 Å². The lowest BCUT2D eigenvalue weighted by Crippen LogP contribution is -2.35. The molecule has 0 N–H and O–H groups in total. The lowest BCUT2D eigenvalue weighted by atomic mass is 9.79. The fourth-order valence-electron chi connectivity index (χ4n) is 2.28. The number of hydrogen-bond acceptors (Lipinski definition) is 1. The summed E-state index contributed by atoms with van der Waals surface area (Å²) in [6, 6.07) is 4.54. The van der Waals surface area contributed by atoms with Gasteiger partial charge in [0, 0.05) is 22.4 Å². The summed E-state index contributed by atoms with van der Waals surface area (Å²) in [6.07, 6.45) is 2.90. The van der Waals surface area contributed by atoms with Crippen LogP contribution in [-0.2, 0) is 11.2 Å². The molecule has 1 nitrogen and oxygen atoms in total. The van der Waals surface area contributed by atoms with Crippen molar-refractivity contribution in [1.82, 2.24) is 0 Å². The molecule has 4 heteroatoms. The van der Waals surface area contributed by atoms with Crippen LogP contribution in [0.5, 0.6) is 0 Å². The van der Waals surface area contributed by atoms with Crippen molar-refractivity contribution in [3.05, 3.63) is 34.6 Å². The molecule has 0 spiro atoms. The normalized spacial score (nSPS) is 24.9. The summed E-state index contributed by atoms with van der Waals surface area (Å²) in [5.74, 6) is -0.231. The first-order valence-corrected chi connectivity index (χ1v) is 7.23. The van der Waals surface area contributed by atoms with Gasteiger partial charge >= 0.3 is 0 Å². The third kappa shape index (κ3) is 3.21. The van der Waals surface area contributed by atoms with Crippen molar-refractivity contribution in [3.8, 4) is 0 Å². The van der Waals surface area contributed by atoms with Crippen LogP contribution in [0.25, 0.3) is 0 Å². The molecule has 0 radical (unpaired) electrons. The van der Waals surface area contributed by atoms with Crippen molar-refractivity contribution in [3.63, 3.8) is 0 Å². The molecule has 1 fully saturated rings. The van der Waals surface area contributed by atoms with E-state index in [-0.39, 0.29) is 11.2 Å². The molecule has 0 saturated carbocycles. The number of halogens is 3. The van der Waals surface area contributed by atoms with Crippen molar-refractivity contribution in [2.24, 2.45) is 5.41 Å². The van der Waals surface area contributed by atoms with E-state index >= 15 is 0 Å². The van der Waals surface area contributed by atoms with Gasteiger partial charge in [0.2, 0.25) is 0 Å². The molecule has 17 heavy (non-hydrogen) atoms. The lowest BCUT2D eigenvalue weighted by Gasteiger charge is -2.35. The second-order valence-electron chi connectivity index (χ2n) is 4.70. The predicted octanol–water partition coefficient (Wildman–Crippen LogP) is 4.21. The van der Waals surface area contributed by atoms with E-state index in [2.05, 4.69) is 15.9 Å². The third-order valence-electron chi connectivity index (χ3n) is 3.26. The van der Waals surface area contributed by atoms with Gasteiger partial charge in [-0.05, 0) is 43.0 Å². The molecule has 0 amide bonds. The maximum absolute atomic E-state index is 13.2. The molecule has 1 heterocycles. The van der Waals surface area contributed by atoms with Crippen molar-refractivity contribution in [2.75, 3.05) is 18.5 Å². The van der Waals surface area contributed by atoms with Gasteiger partial charge in [-0.2, -0.15) is 0 Å². The minimum atomic E-state index is -0.231. The predicted molar refractivity (Wildman–Crippen MR) is 71.4 cm³/mol. The zero-order valence-corrected chi connectivity index (χ0v) is 11.9. The van der Waals surface area contributed by atoms with Gasteiger partial charge in [-0.1, -0.05) is 27.5 Å². The Morgan fingerprint density at radius 2 is 2.29 bits per heavy atom. The molecular formula is C13H15BrClFO. The van der Waals surface area contributed by atoms with Crippen molar-refractivity contribution in [1.29, 1.82) is 0 Å². The summed E-state index contributed by atoms with van der Waals surface area (Å²) in [7, 11) is 0. The minimum Gasteiger partial charge on any atom is -0.381 e. The van der Waals surface area contributed by atoms with Crippen LogP contribution in [0.1, 0.15) is 18.4 Å². The average Bonchev–Trinajstić information content (AvgIpc) is 2.35. The fraction of sp³-hybridized carbons (Fsp3) is 0.538. The van der Waals surface area contributed by atoms with E-state index in [9.17, 15) is 4.39 Å². The van der Waals surface area contributed by atoms with Crippen LogP contribution >= 0.6 is 27.5 Å². The highest BCUT2D eigenvalue weighted by molar-refractivity contribution is 9.09. The van der Waals surface area contributed by atoms with Crippen molar-refractivity contribution >= 4 is 27.5 Å². The molecular weight excluding hydrogens is 306 g/mol. The summed E-state index contributed by atoms with van der Waals surface area (Å²) in [6.45, 7) is 1.54. The number of alkyl halides is 1. The Bertz CT molecular complexity index is 391. The van der Waals surface area contributed by atoms with E-state index in [1.54, 1.807) is 6.07 Å². The van der Waals surface area contributed by atoms with E-state index < -0.39 is 0 Å². The molecule has 94 valence electrons. The average molecular weight is 322 g/mol. The van der Waals surface area contributed by atoms with Crippen LogP contribution in [0.15, 0.2) is 18.2 Å². The first-order chi connectivity index (χ1) is 8.15. The summed E-state index contributed by atoms with van der Waals surface area (Å²) < 4.78 is 18.8. The Hall–Kier alpha value is -0.120. The van der Waals surface area contributed by atoms with Gasteiger partial charge in [0.25, 0.3) is 0 Å². The van der Waals surface area contributed by atoms with Crippen molar-refractivity contribution < 1.29 is 9.13 Å². The summed E-state index contributed by atoms with van der Waals surface area (Å²) in [4.78, 5) is 0. The largest absolute Gasteiger partial charge is 0.381 e. The highest BCUT2D eigenvalue weighted by Crippen LogP contribution is 2.36. The molecule has 1 atom stereocenters. The Morgan fingerprint density at radius 3 is 2.94 bits per heavy atom. The molecule has 1 aromatic rings. The standard InChI is InChI=1S/C13H15BrClFO/c14-8-13(4-1-5-17-9-13)7-10-6-11(16)2-3-12(10)15/h2-3,6H,1,4-5,7-9H2. The molecule has 0 aliphatic carbocycles. The second-order valence-corrected chi connectivity index (χ2v) is 5.67. The molecule has 1 aromatic carbocycles. The molecule has 2 rings (SSSR count). The zero-order chi connectivity index (χ0) is 12.3. The monoisotopic (exact) mass is 320 g/mol. The van der Waals surface area contributed by atoms with Gasteiger partial charge in [0.15, 0.2) is 0 Å². The number of ether oxygens (including phenoxy) is 1. The first-order valence-electron chi connectivity index (χ1n) is 5.73. The lowest BCUT2D eigenvalue weighted by molar-refractivity contribution is 0.00613. The third-order valence-corrected chi connectivity index (χ3v) is 4.82. The van der Waals surface area contributed by atoms with Crippen LogP contribution in [0.3, 0.4) is 0 Å². The Balaban J connectivity index is 2.20. The van der Waals surface area contributed by atoms with Gasteiger partial charge in [-0.3, -0.25) is 0 Å². The Morgan fingerprint density at radius 1 is 1.47 bits per heavy atom. The maximum Gasteiger partial charge on any atom is 0.123 e. The number of hydrogen-bond donors (Lipinski definition) is 0. The van der Waals surface area contributed by atoms with Gasteiger partial charge in [-0.15, -0.1) is 0 Å². The summed E-state index contributed by atoms with van der Waals surface area (Å²) >= 11 is 9.66. The minimum absolute atomic E-state index is 0.0513. The number of rotatable bonds is 3. The van der Waals surface area contributed by atoms with Crippen molar-refractivity contribution in [2.45, 2.75) is 19.3 Å². The molecule has 0 bridgehead atoms. The maximum atomic E-state index is 13.2. The summed E-state index contributed by atoms with van der Waals surface area (Å²) in [5.41, 5.74) is 0.923. The Kier molecular flexibility index (Phi) is 4.45. The van der Waals surface area contributed by atoms with E-state index in [1.165, 1.54) is 12.1 Å². The molecule has 1 unspecified atom stereocenters. The zero-order valence-electron chi connectivity index (χ0n) is 9.52. The van der Waals surface area contributed by atoms with Crippen LogP contribution in [-0.4, -0.2) is 18.5 Å². The highest BCUT2D eigenvalue weighted by Gasteiger charge is 2.32. The second kappa shape index (κ2) is 5.68. The van der Waals surface area contributed by atoms with Gasteiger partial charge in [0.05, 0.1) is 6.61 Å². The quantitative estimate of drug-likeness (QED) is 0.758. The smallest absolute Gasteiger partial charge is 0.123 e. The van der Waals surface area contributed by atoms with E-state index in [0.29, 0.717) is 11.6 Å². The van der Waals surface area contributed by atoms with E-state index in [4.69, 9.17) is 16.3 Å². The van der Waals surface area contributed by atoms with E-state index in [1.807, 2.05) is 0 Å². The summed E-state index contributed by atoms with van der Waals surface area (Å²) in [5, 5.41) is 1.49. The van der Waals surface area contributed by atoms with Gasteiger partial charge in [-0.25, -0.2) is 4.39 Å². The molecule has 0 aromatic heterocycles. The number of benzene rings is 1. The Labute approximate surface area is 114 Å². The van der Waals surface area contributed by atoms with Crippen LogP contribution < -0.4 is 0 Å². The van der Waals surface area contributed by atoms with Gasteiger partial charge in [0.1, 0.15) is 5.82 Å². The topological polar surface area (TPSA) is 9.23 Å². The highest BCUT2D eigenvalue weighted by atomic mass is 79.9. The molecule has 1 aliphatic rings. The fourth-order valence-corrected chi connectivity index (χ4v) is 3.11. The SMILES string of the molecule is Fc1ccc(Cl)c(CC2(CBr)CCCOC2)c1. The van der Waals surface area contributed by atoms with Crippen LogP contribution in [0.4, 0.5) is 4.39 Å². The van der Waals surface area contributed by atoms with Crippen LogP contribution in [0, 0.1) is 11.2 Å².